The van der Waals surface area contributed by atoms with Crippen LogP contribution in [0.1, 0.15) is 19.4 Å². The third-order valence-electron chi connectivity index (χ3n) is 5.32. The summed E-state index contributed by atoms with van der Waals surface area (Å²) in [6.45, 7) is 4.18. The number of aromatic nitrogens is 3. The van der Waals surface area contributed by atoms with Gasteiger partial charge in [0.1, 0.15) is 5.75 Å². The molecule has 0 aliphatic rings. The van der Waals surface area contributed by atoms with Gasteiger partial charge in [0.05, 0.1) is 23.0 Å². The number of hydrogen-bond acceptors (Lipinski definition) is 8. The molecule has 0 fully saturated rings. The number of rotatable bonds is 10. The molecule has 0 unspecified atom stereocenters. The Labute approximate surface area is 227 Å². The van der Waals surface area contributed by atoms with Gasteiger partial charge in [-0.05, 0) is 80.1 Å². The van der Waals surface area contributed by atoms with Gasteiger partial charge >= 0.3 is 0 Å². The van der Waals surface area contributed by atoms with Gasteiger partial charge in [0.2, 0.25) is 0 Å². The van der Waals surface area contributed by atoms with E-state index in [1.54, 1.807) is 31.2 Å². The molecule has 4 aromatic rings. The molecular formula is C26H23ClN6O4S. The van der Waals surface area contributed by atoms with Gasteiger partial charge in [-0.3, -0.25) is 19.5 Å². The van der Waals surface area contributed by atoms with Gasteiger partial charge in [-0.1, -0.05) is 23.4 Å². The third-order valence-corrected chi connectivity index (χ3v) is 6.50. The molecule has 12 heteroatoms. The lowest BCUT2D eigenvalue weighted by atomic mass is 10.1. The fourth-order valence-corrected chi connectivity index (χ4v) is 4.31. The molecule has 0 radical (unpaired) electrons. The highest BCUT2D eigenvalue weighted by Gasteiger charge is 2.18. The predicted octanol–water partition coefficient (Wildman–Crippen LogP) is 5.53. The quantitative estimate of drug-likeness (QED) is 0.119. The molecule has 0 atom stereocenters. The molecule has 0 aliphatic heterocycles. The normalized spacial score (nSPS) is 11.3. The first-order chi connectivity index (χ1) is 18.4. The van der Waals surface area contributed by atoms with Crippen molar-refractivity contribution in [2.24, 2.45) is 5.10 Å². The van der Waals surface area contributed by atoms with Crippen molar-refractivity contribution in [3.8, 4) is 22.8 Å². The van der Waals surface area contributed by atoms with E-state index in [-0.39, 0.29) is 17.3 Å². The Morgan fingerprint density at radius 1 is 1.08 bits per heavy atom. The number of benzene rings is 3. The van der Waals surface area contributed by atoms with Crippen LogP contribution in [0.25, 0.3) is 17.1 Å². The third kappa shape index (κ3) is 6.55. The molecular weight excluding hydrogens is 528 g/mol. The summed E-state index contributed by atoms with van der Waals surface area (Å²) in [5.74, 6) is 1.03. The van der Waals surface area contributed by atoms with Gasteiger partial charge in [-0.25, -0.2) is 5.43 Å². The van der Waals surface area contributed by atoms with E-state index < -0.39 is 4.92 Å². The van der Waals surface area contributed by atoms with Gasteiger partial charge in [-0.15, -0.1) is 10.2 Å². The minimum absolute atomic E-state index is 0.0170. The second-order valence-corrected chi connectivity index (χ2v) is 9.28. The number of nitro benzene ring substituents is 1. The Balaban J connectivity index is 1.51. The first-order valence-corrected chi connectivity index (χ1v) is 12.9. The number of nitrogens with one attached hydrogen (secondary N) is 1. The first kappa shape index (κ1) is 26.8. The molecule has 0 spiro atoms. The van der Waals surface area contributed by atoms with E-state index in [0.717, 1.165) is 17.0 Å². The van der Waals surface area contributed by atoms with Crippen LogP contribution in [0.5, 0.6) is 5.75 Å². The molecule has 10 nitrogen and oxygen atoms in total. The Bertz CT molecular complexity index is 1450. The summed E-state index contributed by atoms with van der Waals surface area (Å²) in [5.41, 5.74) is 5.30. The highest BCUT2D eigenvalue weighted by atomic mass is 35.5. The molecule has 38 heavy (non-hydrogen) atoms. The lowest BCUT2D eigenvalue weighted by molar-refractivity contribution is -0.384. The summed E-state index contributed by atoms with van der Waals surface area (Å²) in [6, 6.07) is 20.7. The van der Waals surface area contributed by atoms with Crippen molar-refractivity contribution in [2.45, 2.75) is 19.0 Å². The molecule has 0 saturated carbocycles. The molecule has 1 aromatic heterocycles. The predicted molar refractivity (Wildman–Crippen MR) is 147 cm³/mol. The zero-order valence-corrected chi connectivity index (χ0v) is 22.1. The standard InChI is InChI=1S/C26H23ClN6O4S/c1-3-37-23-14-12-21(13-15-23)32-25(19-4-8-20(27)9-5-19)30-31-26(32)38-16-24(34)29-28-17(2)18-6-10-22(11-7-18)33(35)36/h4-15H,3,16H2,1-2H3,(H,29,34)/b28-17-. The molecule has 194 valence electrons. The first-order valence-electron chi connectivity index (χ1n) is 11.5. The van der Waals surface area contributed by atoms with E-state index in [9.17, 15) is 14.9 Å². The van der Waals surface area contributed by atoms with Crippen molar-refractivity contribution < 1.29 is 14.5 Å². The minimum atomic E-state index is -0.473. The Morgan fingerprint density at radius 2 is 1.76 bits per heavy atom. The zero-order valence-electron chi connectivity index (χ0n) is 20.5. The number of nitro groups is 1. The highest BCUT2D eigenvalue weighted by Crippen LogP contribution is 2.29. The number of non-ortho nitro benzene ring substituents is 1. The minimum Gasteiger partial charge on any atom is -0.494 e. The molecule has 1 amide bonds. The van der Waals surface area contributed by atoms with Gasteiger partial charge < -0.3 is 4.74 Å². The topological polar surface area (TPSA) is 125 Å². The van der Waals surface area contributed by atoms with Crippen LogP contribution in [0, 0.1) is 10.1 Å². The second kappa shape index (κ2) is 12.3. The zero-order chi connectivity index (χ0) is 27.1. The van der Waals surface area contributed by atoms with Crippen molar-refractivity contribution in [3.05, 3.63) is 93.5 Å². The fraction of sp³-hybridized carbons (Fsp3) is 0.154. The van der Waals surface area contributed by atoms with Crippen LogP contribution in [0.4, 0.5) is 5.69 Å². The molecule has 0 bridgehead atoms. The van der Waals surface area contributed by atoms with E-state index in [1.807, 2.05) is 47.9 Å². The van der Waals surface area contributed by atoms with E-state index >= 15 is 0 Å². The fourth-order valence-electron chi connectivity index (χ4n) is 3.44. The maximum absolute atomic E-state index is 12.6. The monoisotopic (exact) mass is 550 g/mol. The van der Waals surface area contributed by atoms with Crippen molar-refractivity contribution in [1.29, 1.82) is 0 Å². The smallest absolute Gasteiger partial charge is 0.269 e. The summed E-state index contributed by atoms with van der Waals surface area (Å²) in [7, 11) is 0. The largest absolute Gasteiger partial charge is 0.494 e. The molecule has 1 heterocycles. The molecule has 4 rings (SSSR count). The number of hydrazone groups is 1. The number of carbonyl (C=O) groups is 1. The van der Waals surface area contributed by atoms with Gasteiger partial charge in [0.25, 0.3) is 11.6 Å². The number of ether oxygens (including phenoxy) is 1. The Hall–Kier alpha value is -4.22. The number of carbonyl (C=O) groups excluding carboxylic acids is 1. The van der Waals surface area contributed by atoms with Crippen LogP contribution >= 0.6 is 23.4 Å². The van der Waals surface area contributed by atoms with Gasteiger partial charge in [-0.2, -0.15) is 5.10 Å². The molecule has 3 aromatic carbocycles. The molecule has 1 N–H and O–H groups in total. The van der Waals surface area contributed by atoms with Gasteiger partial charge in [0.15, 0.2) is 11.0 Å². The van der Waals surface area contributed by atoms with E-state index in [4.69, 9.17) is 16.3 Å². The highest BCUT2D eigenvalue weighted by molar-refractivity contribution is 7.99. The maximum atomic E-state index is 12.6. The number of hydrogen-bond donors (Lipinski definition) is 1. The summed E-state index contributed by atoms with van der Waals surface area (Å²) >= 11 is 7.27. The van der Waals surface area contributed by atoms with E-state index in [2.05, 4.69) is 20.7 Å². The number of amides is 1. The van der Waals surface area contributed by atoms with Crippen LogP contribution in [0.3, 0.4) is 0 Å². The van der Waals surface area contributed by atoms with Crippen LogP contribution in [-0.4, -0.2) is 43.7 Å². The Kier molecular flexibility index (Phi) is 8.72. The van der Waals surface area contributed by atoms with Crippen molar-refractivity contribution in [2.75, 3.05) is 12.4 Å². The van der Waals surface area contributed by atoms with Crippen LogP contribution in [0.15, 0.2) is 83.1 Å². The van der Waals surface area contributed by atoms with Crippen LogP contribution in [-0.2, 0) is 4.79 Å². The second-order valence-electron chi connectivity index (χ2n) is 7.90. The van der Waals surface area contributed by atoms with Crippen molar-refractivity contribution in [3.63, 3.8) is 0 Å². The lowest BCUT2D eigenvalue weighted by Gasteiger charge is -2.11. The molecule has 0 saturated heterocycles. The van der Waals surface area contributed by atoms with E-state index in [0.29, 0.717) is 33.9 Å². The summed E-state index contributed by atoms with van der Waals surface area (Å²) in [6.07, 6.45) is 0. The van der Waals surface area contributed by atoms with Gasteiger partial charge in [0, 0.05) is 28.4 Å². The van der Waals surface area contributed by atoms with Crippen LogP contribution < -0.4 is 10.2 Å². The van der Waals surface area contributed by atoms with Crippen molar-refractivity contribution in [1.82, 2.24) is 20.2 Å². The summed E-state index contributed by atoms with van der Waals surface area (Å²) in [4.78, 5) is 22.9. The maximum Gasteiger partial charge on any atom is 0.269 e. The number of thioether (sulfide) groups is 1. The summed E-state index contributed by atoms with van der Waals surface area (Å²) in [5, 5.41) is 24.8. The number of halogens is 1. The lowest BCUT2D eigenvalue weighted by Crippen LogP contribution is -2.21. The van der Waals surface area contributed by atoms with Crippen LogP contribution in [0.2, 0.25) is 5.02 Å². The van der Waals surface area contributed by atoms with E-state index in [1.165, 1.54) is 23.9 Å². The number of nitrogens with zero attached hydrogens (tertiary/aromatic N) is 5. The average molecular weight is 551 g/mol. The summed E-state index contributed by atoms with van der Waals surface area (Å²) < 4.78 is 7.42. The average Bonchev–Trinajstić information content (AvgIpc) is 3.35. The Morgan fingerprint density at radius 3 is 2.39 bits per heavy atom. The SMILES string of the molecule is CCOc1ccc(-n2c(SCC(=O)N/N=C(/C)c3ccc([N+](=O)[O-])cc3)nnc2-c2ccc(Cl)cc2)cc1. The molecule has 0 aliphatic carbocycles. The van der Waals surface area contributed by atoms with Crippen molar-refractivity contribution >= 4 is 40.7 Å².